The number of ether oxygens (including phenoxy) is 1. The van der Waals surface area contributed by atoms with Gasteiger partial charge in [0.05, 0.1) is 25.1 Å². The molecule has 4 aromatic rings. The van der Waals surface area contributed by atoms with E-state index in [-0.39, 0.29) is 18.5 Å². The van der Waals surface area contributed by atoms with Crippen LogP contribution in [0.1, 0.15) is 23.6 Å². The summed E-state index contributed by atoms with van der Waals surface area (Å²) in [7, 11) is 1.62. The minimum Gasteiger partial charge on any atom is -0.497 e. The second-order valence-electron chi connectivity index (χ2n) is 7.26. The molecule has 32 heavy (non-hydrogen) atoms. The zero-order valence-corrected chi connectivity index (χ0v) is 17.3. The quantitative estimate of drug-likeness (QED) is 0.467. The average molecular weight is 428 g/mol. The summed E-state index contributed by atoms with van der Waals surface area (Å²) < 4.78 is 10.6. The molecule has 0 spiro atoms. The number of aromatic nitrogens is 4. The van der Waals surface area contributed by atoms with Gasteiger partial charge in [-0.3, -0.25) is 4.79 Å². The summed E-state index contributed by atoms with van der Waals surface area (Å²) in [5.41, 5.74) is 2.81. The summed E-state index contributed by atoms with van der Waals surface area (Å²) in [6, 6.07) is 20.8. The number of hydrogen-bond acceptors (Lipinski definition) is 7. The smallest absolute Gasteiger partial charge is 0.266 e. The summed E-state index contributed by atoms with van der Waals surface area (Å²) in [4.78, 5) is 14.5. The van der Waals surface area contributed by atoms with Gasteiger partial charge in [-0.2, -0.15) is 9.90 Å². The standard InChI is InChI=1S/C23H20N6O3/c1-31-18-11-9-17(10-12-18)20-14-19(16-6-3-2-4-7-16)25-29(20)22(30)15-28-26-23(24-27-28)21-8-5-13-32-21/h2-13,20H,14-15H2,1H3/t20-/m1/s1. The van der Waals surface area contributed by atoms with Crippen LogP contribution >= 0.6 is 0 Å². The largest absolute Gasteiger partial charge is 0.497 e. The molecule has 0 radical (unpaired) electrons. The Morgan fingerprint density at radius 1 is 1.09 bits per heavy atom. The van der Waals surface area contributed by atoms with E-state index in [9.17, 15) is 4.79 Å². The highest BCUT2D eigenvalue weighted by Gasteiger charge is 2.33. The molecular weight excluding hydrogens is 408 g/mol. The zero-order chi connectivity index (χ0) is 21.9. The molecule has 0 N–H and O–H groups in total. The lowest BCUT2D eigenvalue weighted by molar-refractivity contribution is -0.134. The molecular formula is C23H20N6O3. The first-order valence-electron chi connectivity index (χ1n) is 10.1. The third-order valence-corrected chi connectivity index (χ3v) is 5.24. The van der Waals surface area contributed by atoms with Crippen LogP contribution in [0.25, 0.3) is 11.6 Å². The van der Waals surface area contributed by atoms with Crippen molar-refractivity contribution in [3.8, 4) is 17.3 Å². The molecule has 0 bridgehead atoms. The molecule has 0 saturated carbocycles. The van der Waals surface area contributed by atoms with Gasteiger partial charge in [0.1, 0.15) is 12.3 Å². The van der Waals surface area contributed by atoms with Crippen molar-refractivity contribution in [2.45, 2.75) is 19.0 Å². The molecule has 5 rings (SSSR count). The molecule has 9 nitrogen and oxygen atoms in total. The normalized spacial score (nSPS) is 15.6. The minimum absolute atomic E-state index is 0.0913. The van der Waals surface area contributed by atoms with E-state index in [1.165, 1.54) is 16.1 Å². The average Bonchev–Trinajstić information content (AvgIpc) is 3.60. The molecule has 160 valence electrons. The SMILES string of the molecule is COc1ccc([C@H]2CC(c3ccccc3)=NN2C(=O)Cn2nnc(-c3ccco3)n2)cc1. The van der Waals surface area contributed by atoms with Crippen molar-refractivity contribution >= 4 is 11.6 Å². The van der Waals surface area contributed by atoms with Gasteiger partial charge < -0.3 is 9.15 Å². The van der Waals surface area contributed by atoms with Crippen molar-refractivity contribution in [1.29, 1.82) is 0 Å². The Bertz CT molecular complexity index is 1230. The summed E-state index contributed by atoms with van der Waals surface area (Å²) in [6.07, 6.45) is 2.13. The molecule has 0 aliphatic carbocycles. The number of hydrazone groups is 1. The van der Waals surface area contributed by atoms with Crippen LogP contribution in [0.4, 0.5) is 0 Å². The van der Waals surface area contributed by atoms with Crippen LogP contribution in [-0.4, -0.2) is 43.9 Å². The van der Waals surface area contributed by atoms with E-state index < -0.39 is 0 Å². The van der Waals surface area contributed by atoms with Gasteiger partial charge in [-0.1, -0.05) is 42.5 Å². The number of nitrogens with zero attached hydrogens (tertiary/aromatic N) is 6. The Morgan fingerprint density at radius 3 is 2.62 bits per heavy atom. The summed E-state index contributed by atoms with van der Waals surface area (Å²) in [5.74, 6) is 1.33. The van der Waals surface area contributed by atoms with Crippen LogP contribution in [-0.2, 0) is 11.3 Å². The second-order valence-corrected chi connectivity index (χ2v) is 7.26. The van der Waals surface area contributed by atoms with Gasteiger partial charge in [0.15, 0.2) is 5.76 Å². The molecule has 2 aromatic heterocycles. The Balaban J connectivity index is 1.41. The lowest BCUT2D eigenvalue weighted by Crippen LogP contribution is -2.31. The van der Waals surface area contributed by atoms with Crippen LogP contribution in [0.15, 0.2) is 82.5 Å². The van der Waals surface area contributed by atoms with E-state index in [0.717, 1.165) is 22.6 Å². The minimum atomic E-state index is -0.239. The van der Waals surface area contributed by atoms with Gasteiger partial charge >= 0.3 is 0 Å². The number of rotatable bonds is 6. The summed E-state index contributed by atoms with van der Waals surface area (Å²) >= 11 is 0. The van der Waals surface area contributed by atoms with E-state index >= 15 is 0 Å². The maximum atomic E-state index is 13.2. The molecule has 0 unspecified atom stereocenters. The van der Waals surface area contributed by atoms with Gasteiger partial charge in [0.2, 0.25) is 5.82 Å². The van der Waals surface area contributed by atoms with Crippen LogP contribution in [0.2, 0.25) is 0 Å². The maximum absolute atomic E-state index is 13.2. The summed E-state index contributed by atoms with van der Waals surface area (Å²) in [6.45, 7) is -0.0913. The van der Waals surface area contributed by atoms with Crippen molar-refractivity contribution in [2.24, 2.45) is 5.10 Å². The Kier molecular flexibility index (Phi) is 5.20. The lowest BCUT2D eigenvalue weighted by atomic mass is 9.98. The van der Waals surface area contributed by atoms with Crippen molar-refractivity contribution in [3.63, 3.8) is 0 Å². The number of carbonyl (C=O) groups excluding carboxylic acids is 1. The number of methoxy groups -OCH3 is 1. The van der Waals surface area contributed by atoms with Crippen LogP contribution in [0.5, 0.6) is 5.75 Å². The van der Waals surface area contributed by atoms with Crippen LogP contribution in [0, 0.1) is 0 Å². The highest BCUT2D eigenvalue weighted by Crippen LogP contribution is 2.33. The predicted octanol–water partition coefficient (Wildman–Crippen LogP) is 3.32. The van der Waals surface area contributed by atoms with Crippen molar-refractivity contribution in [2.75, 3.05) is 7.11 Å². The number of amides is 1. The monoisotopic (exact) mass is 428 g/mol. The number of tetrazole rings is 1. The molecule has 9 heteroatoms. The van der Waals surface area contributed by atoms with E-state index in [1.54, 1.807) is 19.2 Å². The van der Waals surface area contributed by atoms with Gasteiger partial charge in [-0.05, 0) is 40.6 Å². The van der Waals surface area contributed by atoms with Crippen molar-refractivity contribution in [3.05, 3.63) is 84.1 Å². The zero-order valence-electron chi connectivity index (χ0n) is 17.3. The topological polar surface area (TPSA) is 98.6 Å². The van der Waals surface area contributed by atoms with Crippen molar-refractivity contribution < 1.29 is 13.9 Å². The molecule has 2 aromatic carbocycles. The van der Waals surface area contributed by atoms with Gasteiger partial charge in [0, 0.05) is 6.42 Å². The number of hydrogen-bond donors (Lipinski definition) is 0. The van der Waals surface area contributed by atoms with E-state index in [0.29, 0.717) is 18.0 Å². The van der Waals surface area contributed by atoms with E-state index in [1.807, 2.05) is 54.6 Å². The van der Waals surface area contributed by atoms with E-state index in [4.69, 9.17) is 9.15 Å². The number of carbonyl (C=O) groups is 1. The lowest BCUT2D eigenvalue weighted by Gasteiger charge is -2.22. The van der Waals surface area contributed by atoms with Gasteiger partial charge in [-0.25, -0.2) is 5.01 Å². The fourth-order valence-electron chi connectivity index (χ4n) is 3.64. The molecule has 0 saturated heterocycles. The first kappa shape index (κ1) is 19.7. The predicted molar refractivity (Wildman–Crippen MR) is 116 cm³/mol. The third-order valence-electron chi connectivity index (χ3n) is 5.24. The highest BCUT2D eigenvalue weighted by molar-refractivity contribution is 6.03. The second kappa shape index (κ2) is 8.46. The Morgan fingerprint density at radius 2 is 1.91 bits per heavy atom. The van der Waals surface area contributed by atoms with Crippen LogP contribution < -0.4 is 4.74 Å². The molecule has 3 heterocycles. The maximum Gasteiger partial charge on any atom is 0.266 e. The molecule has 1 amide bonds. The van der Waals surface area contributed by atoms with Crippen molar-refractivity contribution in [1.82, 2.24) is 25.2 Å². The number of furan rings is 1. The summed E-state index contributed by atoms with van der Waals surface area (Å²) in [5, 5.41) is 18.4. The molecule has 1 aliphatic heterocycles. The highest BCUT2D eigenvalue weighted by atomic mass is 16.5. The van der Waals surface area contributed by atoms with Crippen LogP contribution in [0.3, 0.4) is 0 Å². The van der Waals surface area contributed by atoms with Gasteiger partial charge in [-0.15, -0.1) is 10.2 Å². The Hall–Kier alpha value is -4.27. The molecule has 1 atom stereocenters. The fraction of sp³-hybridized carbons (Fsp3) is 0.174. The molecule has 1 aliphatic rings. The third kappa shape index (κ3) is 3.87. The van der Waals surface area contributed by atoms with Gasteiger partial charge in [0.25, 0.3) is 5.91 Å². The fourth-order valence-corrected chi connectivity index (χ4v) is 3.64. The van der Waals surface area contributed by atoms with E-state index in [2.05, 4.69) is 20.5 Å². The number of benzene rings is 2. The molecule has 0 fully saturated rings. The first-order valence-corrected chi connectivity index (χ1v) is 10.1. The Labute approximate surface area is 183 Å². The first-order chi connectivity index (χ1) is 15.7.